The average Bonchev–Trinajstić information content (AvgIpc) is 1.58. The van der Waals surface area contributed by atoms with E-state index < -0.39 is 0 Å². The van der Waals surface area contributed by atoms with Gasteiger partial charge in [-0.15, -0.1) is 0 Å². The molecule has 6 aromatic heterocycles. The fourth-order valence-electron chi connectivity index (χ4n) is 21.2. The number of aromatic nitrogens is 3. The molecule has 0 aliphatic rings. The summed E-state index contributed by atoms with van der Waals surface area (Å²) in [5.41, 5.74) is 34.7. The van der Waals surface area contributed by atoms with Gasteiger partial charge in [0.05, 0.1) is 66.3 Å². The second kappa shape index (κ2) is 35.4. The number of anilines is 9. The van der Waals surface area contributed by atoms with Gasteiger partial charge in [0.15, 0.2) is 0 Å². The summed E-state index contributed by atoms with van der Waals surface area (Å²) in [7, 11) is 0. The van der Waals surface area contributed by atoms with Gasteiger partial charge in [-0.1, -0.05) is 334 Å². The van der Waals surface area contributed by atoms with Crippen molar-refractivity contribution in [1.29, 1.82) is 0 Å². The lowest BCUT2D eigenvalue weighted by molar-refractivity contribution is 0.668. The Kier molecular flexibility index (Phi) is 20.7. The van der Waals surface area contributed by atoms with Crippen molar-refractivity contribution in [2.75, 3.05) is 14.7 Å². The summed E-state index contributed by atoms with van der Waals surface area (Å²) >= 11 is 0. The number of furan rings is 3. The molecular weight excluding hydrogens is 1720 g/mol. The van der Waals surface area contributed by atoms with Crippen LogP contribution in [-0.2, 0) is 0 Å². The highest BCUT2D eigenvalue weighted by molar-refractivity contribution is 6.19. The first kappa shape index (κ1) is 82.7. The van der Waals surface area contributed by atoms with Crippen LogP contribution in [0.3, 0.4) is 0 Å². The molecule has 6 heterocycles. The van der Waals surface area contributed by atoms with Gasteiger partial charge in [0, 0.05) is 118 Å². The molecule has 22 aromatic carbocycles. The molecule has 0 atom stereocenters. The molecule has 0 aliphatic carbocycles. The summed E-state index contributed by atoms with van der Waals surface area (Å²) in [6.07, 6.45) is 0. The Balaban J connectivity index is 0.000000110. The molecule has 0 radical (unpaired) electrons. The van der Waals surface area contributed by atoms with Gasteiger partial charge in [-0.05, 0) is 226 Å². The molecule has 0 aliphatic heterocycles. The van der Waals surface area contributed by atoms with Crippen molar-refractivity contribution in [3.05, 3.63) is 534 Å². The lowest BCUT2D eigenvalue weighted by atomic mass is 10.0. The van der Waals surface area contributed by atoms with Crippen LogP contribution in [0, 0.1) is 0 Å². The fourth-order valence-corrected chi connectivity index (χ4v) is 21.2. The van der Waals surface area contributed by atoms with Crippen molar-refractivity contribution < 1.29 is 13.3 Å². The van der Waals surface area contributed by atoms with E-state index in [1.54, 1.807) is 0 Å². The summed E-state index contributed by atoms with van der Waals surface area (Å²) in [6, 6.07) is 189. The summed E-state index contributed by atoms with van der Waals surface area (Å²) in [4.78, 5) is 6.90. The van der Waals surface area contributed by atoms with Crippen molar-refractivity contribution in [3.63, 3.8) is 0 Å². The number of benzene rings is 22. The minimum Gasteiger partial charge on any atom is -0.456 e. The molecule has 0 N–H and O–H groups in total. The monoisotopic (exact) mass is 1800 g/mol. The van der Waals surface area contributed by atoms with E-state index in [2.05, 4.69) is 550 Å². The third-order valence-corrected chi connectivity index (χ3v) is 27.6. The van der Waals surface area contributed by atoms with Gasteiger partial charge in [0.2, 0.25) is 0 Å². The summed E-state index contributed by atoms with van der Waals surface area (Å²) in [6.45, 7) is 0. The first-order chi connectivity index (χ1) is 70.0. The Morgan fingerprint density at radius 3 is 0.610 bits per heavy atom. The SMILES string of the molecule is c1ccc(-c2ccc(N(c3ccc(-c4ccccc4)cc3)c3ccc4c(c3)oc3cccc(-n5c6ccccc6c6ccccc65)c34)cc2)cc1.c1ccc(-c2ccc(N(c3cccc(-c4ccccc4)c3)c3ccc4c(c3)oc3cccc(-n5c6ccccc6c6ccccc65)c34)cc2)cc1.c1ccc(N(c2ccccc2)c2ccc3c(c2)oc2cccc(-n4c5ccccc5c5ccccc54)c23)cc1. The lowest BCUT2D eigenvalue weighted by Gasteiger charge is -2.26. The van der Waals surface area contributed by atoms with Crippen molar-refractivity contribution in [2.45, 2.75) is 0 Å². The Hall–Kier alpha value is -19.0. The molecule has 9 heteroatoms. The van der Waals surface area contributed by atoms with Crippen LogP contribution in [0.4, 0.5) is 51.2 Å². The molecule has 0 fully saturated rings. The Morgan fingerprint density at radius 2 is 0.326 bits per heavy atom. The standard InChI is InChI=1S/2C48H32N2O.C36H24N2O/c1-3-13-33(14-4-1)35-25-27-37(28-26-35)49(38-18-11-17-36(31-38)34-15-5-2-6-16-34)39-29-30-42-47(32-39)51-46-24-12-23-45(48(42)46)50-43-21-9-7-19-40(43)41-20-8-10-22-44(41)50;1-3-12-33(13-4-1)35-22-26-37(27-23-35)49(38-28-24-36(25-29-38)34-14-5-2-6-15-34)39-30-31-42-47(32-39)51-46-21-11-20-45(48(42)46)50-43-18-9-7-16-40(43)41-17-8-10-19-44(41)50;1-3-12-25(13-4-1)37(26-14-5-2-6-15-26)27-22-23-30-35(24-27)39-34-21-11-20-33(36(30)34)38-31-18-9-7-16-28(31)29-17-8-10-19-32(29)38/h2*1-32H;1-24H. The van der Waals surface area contributed by atoms with Crippen molar-refractivity contribution >= 4 is 182 Å². The van der Waals surface area contributed by atoms with Gasteiger partial charge in [-0.2, -0.15) is 0 Å². The quantitative estimate of drug-likeness (QED) is 0.0961. The maximum Gasteiger partial charge on any atom is 0.137 e. The topological polar surface area (TPSA) is 63.9 Å². The first-order valence-corrected chi connectivity index (χ1v) is 47.9. The lowest BCUT2D eigenvalue weighted by Crippen LogP contribution is -2.10. The molecule has 0 amide bonds. The maximum absolute atomic E-state index is 6.71. The minimum absolute atomic E-state index is 0.848. The van der Waals surface area contributed by atoms with Crippen LogP contribution in [0.1, 0.15) is 0 Å². The zero-order chi connectivity index (χ0) is 93.2. The third kappa shape index (κ3) is 14.8. The molecule has 0 saturated carbocycles. The van der Waals surface area contributed by atoms with Crippen LogP contribution in [0.25, 0.3) is 193 Å². The summed E-state index contributed by atoms with van der Waals surface area (Å²) < 4.78 is 27.1. The van der Waals surface area contributed by atoms with E-state index >= 15 is 0 Å². The number of para-hydroxylation sites is 8. The molecule has 28 rings (SSSR count). The highest BCUT2D eigenvalue weighted by atomic mass is 16.3. The van der Waals surface area contributed by atoms with E-state index in [0.29, 0.717) is 0 Å². The number of fused-ring (bicyclic) bond motifs is 18. The van der Waals surface area contributed by atoms with Crippen LogP contribution < -0.4 is 14.7 Å². The Labute approximate surface area is 813 Å². The largest absolute Gasteiger partial charge is 0.456 e. The van der Waals surface area contributed by atoms with Crippen molar-refractivity contribution in [1.82, 2.24) is 13.7 Å². The van der Waals surface area contributed by atoms with Gasteiger partial charge in [-0.25, -0.2) is 0 Å². The van der Waals surface area contributed by atoms with Gasteiger partial charge in [0.25, 0.3) is 0 Å². The normalized spacial score (nSPS) is 11.5. The molecule has 0 unspecified atom stereocenters. The zero-order valence-electron chi connectivity index (χ0n) is 76.7. The minimum atomic E-state index is 0.848. The van der Waals surface area contributed by atoms with Gasteiger partial charge in [-0.3, -0.25) is 0 Å². The molecule has 0 spiro atoms. The van der Waals surface area contributed by atoms with E-state index in [4.69, 9.17) is 13.3 Å². The Morgan fingerprint density at radius 1 is 0.128 bits per heavy atom. The van der Waals surface area contributed by atoms with Crippen LogP contribution >= 0.6 is 0 Å². The molecular formula is C132H88N6O3. The van der Waals surface area contributed by atoms with Gasteiger partial charge < -0.3 is 41.7 Å². The molecule has 9 nitrogen and oxygen atoms in total. The van der Waals surface area contributed by atoms with Crippen LogP contribution in [-0.4, -0.2) is 13.7 Å². The fraction of sp³-hybridized carbons (Fsp3) is 0. The van der Waals surface area contributed by atoms with Gasteiger partial charge >= 0.3 is 0 Å². The van der Waals surface area contributed by atoms with E-state index in [1.807, 2.05) is 12.1 Å². The number of hydrogen-bond acceptors (Lipinski definition) is 6. The second-order valence-corrected chi connectivity index (χ2v) is 35.7. The molecule has 664 valence electrons. The average molecular weight is 1810 g/mol. The second-order valence-electron chi connectivity index (χ2n) is 35.7. The summed E-state index contributed by atoms with van der Waals surface area (Å²) in [5, 5.41) is 14.1. The van der Waals surface area contributed by atoms with Gasteiger partial charge in [0.1, 0.15) is 33.5 Å². The first-order valence-electron chi connectivity index (χ1n) is 47.9. The highest BCUT2D eigenvalue weighted by Gasteiger charge is 2.26. The Bertz CT molecular complexity index is 9260. The summed E-state index contributed by atoms with van der Waals surface area (Å²) in [5.74, 6) is 0. The highest BCUT2D eigenvalue weighted by Crippen LogP contribution is 2.49. The van der Waals surface area contributed by atoms with Crippen LogP contribution in [0.15, 0.2) is 547 Å². The maximum atomic E-state index is 6.71. The molecule has 141 heavy (non-hydrogen) atoms. The number of rotatable bonds is 16. The zero-order valence-corrected chi connectivity index (χ0v) is 76.7. The van der Waals surface area contributed by atoms with Crippen LogP contribution in [0.5, 0.6) is 0 Å². The number of hydrogen-bond donors (Lipinski definition) is 0. The van der Waals surface area contributed by atoms with Crippen molar-refractivity contribution in [3.8, 4) is 61.6 Å². The van der Waals surface area contributed by atoms with E-state index in [1.165, 1.54) is 110 Å². The molecule has 0 saturated heterocycles. The molecule has 28 aromatic rings. The van der Waals surface area contributed by atoms with E-state index in [-0.39, 0.29) is 0 Å². The van der Waals surface area contributed by atoms with Crippen LogP contribution in [0.2, 0.25) is 0 Å². The molecule has 0 bridgehead atoms. The third-order valence-electron chi connectivity index (χ3n) is 27.6. The predicted molar refractivity (Wildman–Crippen MR) is 590 cm³/mol. The smallest absolute Gasteiger partial charge is 0.137 e. The number of nitrogens with zero attached hydrogens (tertiary/aromatic N) is 6. The van der Waals surface area contributed by atoms with E-state index in [9.17, 15) is 0 Å². The van der Waals surface area contributed by atoms with Crippen molar-refractivity contribution in [2.24, 2.45) is 0 Å². The predicted octanol–water partition coefficient (Wildman–Crippen LogP) is 37.1. The van der Waals surface area contributed by atoms with E-state index in [0.717, 1.165) is 134 Å².